The number of rotatable bonds is 7. The van der Waals surface area contributed by atoms with Crippen molar-refractivity contribution in [1.29, 1.82) is 0 Å². The predicted octanol–water partition coefficient (Wildman–Crippen LogP) is 5.37. The SMILES string of the molecule is CC(=O)c1c(NC(=O)NCc2c(-n3cccc3)sc(CN(C)C)c2C)sc2c1CCCC2. The van der Waals surface area contributed by atoms with Gasteiger partial charge in [0.15, 0.2) is 5.78 Å². The summed E-state index contributed by atoms with van der Waals surface area (Å²) >= 11 is 3.31. The molecule has 0 aliphatic heterocycles. The van der Waals surface area contributed by atoms with Crippen LogP contribution in [0.3, 0.4) is 0 Å². The fraction of sp³-hybridized carbons (Fsp3) is 0.417. The van der Waals surface area contributed by atoms with Gasteiger partial charge in [-0.05, 0) is 76.9 Å². The molecule has 170 valence electrons. The third-order valence-corrected chi connectivity index (χ3v) is 8.36. The summed E-state index contributed by atoms with van der Waals surface area (Å²) in [4.78, 5) is 29.8. The second-order valence-electron chi connectivity index (χ2n) is 8.54. The van der Waals surface area contributed by atoms with Gasteiger partial charge >= 0.3 is 6.03 Å². The lowest BCUT2D eigenvalue weighted by Crippen LogP contribution is -2.29. The van der Waals surface area contributed by atoms with Crippen LogP contribution >= 0.6 is 22.7 Å². The first-order chi connectivity index (χ1) is 15.3. The number of Topliss-reactive ketones (excluding diaryl/α,β-unsaturated/α-hetero) is 1. The average molecular weight is 471 g/mol. The van der Waals surface area contributed by atoms with Gasteiger partial charge in [0.1, 0.15) is 10.0 Å². The van der Waals surface area contributed by atoms with Gasteiger partial charge in [-0.1, -0.05) is 0 Å². The summed E-state index contributed by atoms with van der Waals surface area (Å²) in [6.45, 7) is 5.00. The van der Waals surface area contributed by atoms with Crippen LogP contribution in [0.2, 0.25) is 0 Å². The molecular formula is C24H30N4O2S2. The third kappa shape index (κ3) is 4.67. The van der Waals surface area contributed by atoms with E-state index in [-0.39, 0.29) is 11.8 Å². The Bertz CT molecular complexity index is 1130. The number of hydrogen-bond acceptors (Lipinski definition) is 5. The molecule has 0 unspecified atom stereocenters. The van der Waals surface area contributed by atoms with E-state index in [0.717, 1.165) is 48.4 Å². The summed E-state index contributed by atoms with van der Waals surface area (Å²) in [5.41, 5.74) is 4.17. The lowest BCUT2D eigenvalue weighted by Gasteiger charge is -2.12. The number of fused-ring (bicyclic) bond motifs is 1. The minimum atomic E-state index is -0.274. The number of ketones is 1. The number of nitrogens with one attached hydrogen (secondary N) is 2. The minimum absolute atomic E-state index is 0.0246. The predicted molar refractivity (Wildman–Crippen MR) is 133 cm³/mol. The van der Waals surface area contributed by atoms with E-state index in [2.05, 4.69) is 41.1 Å². The van der Waals surface area contributed by atoms with Crippen molar-refractivity contribution in [3.8, 4) is 5.00 Å². The summed E-state index contributed by atoms with van der Waals surface area (Å²) in [5.74, 6) is 0.0246. The highest BCUT2D eigenvalue weighted by Crippen LogP contribution is 2.38. The van der Waals surface area contributed by atoms with Crippen molar-refractivity contribution in [2.75, 3.05) is 19.4 Å². The number of carbonyl (C=O) groups excluding carboxylic acids is 2. The summed E-state index contributed by atoms with van der Waals surface area (Å²) in [6, 6.07) is 3.74. The highest BCUT2D eigenvalue weighted by Gasteiger charge is 2.24. The maximum Gasteiger partial charge on any atom is 0.320 e. The van der Waals surface area contributed by atoms with Crippen LogP contribution in [0.15, 0.2) is 24.5 Å². The van der Waals surface area contributed by atoms with Crippen molar-refractivity contribution in [3.63, 3.8) is 0 Å². The van der Waals surface area contributed by atoms with Gasteiger partial charge in [-0.3, -0.25) is 10.1 Å². The Labute approximate surface area is 197 Å². The van der Waals surface area contributed by atoms with Gasteiger partial charge in [-0.15, -0.1) is 22.7 Å². The number of anilines is 1. The zero-order chi connectivity index (χ0) is 22.8. The number of aryl methyl sites for hydroxylation is 1. The van der Waals surface area contributed by atoms with Crippen LogP contribution in [0.1, 0.15) is 56.6 Å². The van der Waals surface area contributed by atoms with Gasteiger partial charge in [0.25, 0.3) is 0 Å². The molecule has 0 atom stereocenters. The van der Waals surface area contributed by atoms with Crippen molar-refractivity contribution in [3.05, 3.63) is 56.5 Å². The Kier molecular flexibility index (Phi) is 6.83. The highest BCUT2D eigenvalue weighted by atomic mass is 32.1. The van der Waals surface area contributed by atoms with E-state index in [4.69, 9.17) is 0 Å². The normalized spacial score (nSPS) is 13.3. The Hall–Kier alpha value is -2.42. The van der Waals surface area contributed by atoms with E-state index >= 15 is 0 Å². The minimum Gasteiger partial charge on any atom is -0.334 e. The van der Waals surface area contributed by atoms with Crippen molar-refractivity contribution in [2.45, 2.75) is 52.6 Å². The molecule has 8 heteroatoms. The molecule has 0 radical (unpaired) electrons. The molecule has 3 heterocycles. The molecule has 2 N–H and O–H groups in total. The molecule has 0 spiro atoms. The Morgan fingerprint density at radius 2 is 1.84 bits per heavy atom. The van der Waals surface area contributed by atoms with Gasteiger partial charge in [-0.25, -0.2) is 4.79 Å². The van der Waals surface area contributed by atoms with Gasteiger partial charge in [-0.2, -0.15) is 0 Å². The smallest absolute Gasteiger partial charge is 0.320 e. The molecule has 2 amide bonds. The fourth-order valence-electron chi connectivity index (χ4n) is 4.25. The van der Waals surface area contributed by atoms with Gasteiger partial charge in [0.05, 0.1) is 5.56 Å². The maximum absolute atomic E-state index is 12.8. The monoisotopic (exact) mass is 470 g/mol. The zero-order valence-electron chi connectivity index (χ0n) is 19.1. The van der Waals surface area contributed by atoms with Crippen molar-refractivity contribution < 1.29 is 9.59 Å². The third-order valence-electron chi connectivity index (χ3n) is 5.82. The Morgan fingerprint density at radius 1 is 1.12 bits per heavy atom. The van der Waals surface area contributed by atoms with E-state index < -0.39 is 0 Å². The molecule has 0 aromatic carbocycles. The standard InChI is InChI=1S/C24H30N4O2S2/c1-15-18(23(28-11-7-8-12-28)32-20(15)14-27(3)4)13-25-24(30)26-22-21(16(2)29)17-9-5-6-10-19(17)31-22/h7-8,11-12H,5-6,9-10,13-14H2,1-4H3,(H2,25,26,30). The van der Waals surface area contributed by atoms with E-state index in [1.807, 2.05) is 24.5 Å². The molecule has 1 aliphatic carbocycles. The lowest BCUT2D eigenvalue weighted by atomic mass is 9.94. The van der Waals surface area contributed by atoms with E-state index in [0.29, 0.717) is 17.1 Å². The van der Waals surface area contributed by atoms with Gasteiger partial charge in [0, 0.05) is 40.8 Å². The molecule has 0 saturated heterocycles. The Morgan fingerprint density at radius 3 is 2.53 bits per heavy atom. The molecule has 3 aromatic rings. The van der Waals surface area contributed by atoms with Gasteiger partial charge in [0.2, 0.25) is 0 Å². The quantitative estimate of drug-likeness (QED) is 0.456. The largest absolute Gasteiger partial charge is 0.334 e. The first-order valence-corrected chi connectivity index (χ1v) is 12.6. The topological polar surface area (TPSA) is 66.4 Å². The number of thiophene rings is 2. The summed E-state index contributed by atoms with van der Waals surface area (Å²) in [7, 11) is 4.13. The van der Waals surface area contributed by atoms with Crippen LogP contribution in [-0.2, 0) is 25.9 Å². The first kappa shape index (κ1) is 22.8. The first-order valence-electron chi connectivity index (χ1n) is 10.9. The van der Waals surface area contributed by atoms with Crippen LogP contribution in [-0.4, -0.2) is 35.4 Å². The van der Waals surface area contributed by atoms with Crippen LogP contribution in [0.4, 0.5) is 9.80 Å². The van der Waals surface area contributed by atoms with Crippen LogP contribution < -0.4 is 10.6 Å². The van der Waals surface area contributed by atoms with E-state index in [1.54, 1.807) is 29.6 Å². The molecule has 3 aromatic heterocycles. The Balaban J connectivity index is 1.53. The van der Waals surface area contributed by atoms with Crippen molar-refractivity contribution in [2.24, 2.45) is 0 Å². The fourth-order valence-corrected chi connectivity index (χ4v) is 6.99. The molecule has 0 fully saturated rings. The summed E-state index contributed by atoms with van der Waals surface area (Å²) < 4.78 is 2.10. The lowest BCUT2D eigenvalue weighted by molar-refractivity contribution is 0.101. The molecule has 4 rings (SSSR count). The van der Waals surface area contributed by atoms with Crippen molar-refractivity contribution in [1.82, 2.24) is 14.8 Å². The molecule has 0 bridgehead atoms. The summed E-state index contributed by atoms with van der Waals surface area (Å²) in [6.07, 6.45) is 8.22. The second-order valence-corrected chi connectivity index (χ2v) is 10.7. The highest BCUT2D eigenvalue weighted by molar-refractivity contribution is 7.17. The number of urea groups is 1. The number of amides is 2. The zero-order valence-corrected chi connectivity index (χ0v) is 20.7. The number of hydrogen-bond donors (Lipinski definition) is 2. The van der Waals surface area contributed by atoms with Gasteiger partial charge < -0.3 is 14.8 Å². The molecule has 1 aliphatic rings. The molecular weight excluding hydrogens is 440 g/mol. The van der Waals surface area contributed by atoms with Crippen LogP contribution in [0.25, 0.3) is 5.00 Å². The number of nitrogens with zero attached hydrogens (tertiary/aromatic N) is 2. The molecule has 6 nitrogen and oxygen atoms in total. The van der Waals surface area contributed by atoms with E-state index in [1.165, 1.54) is 15.3 Å². The van der Waals surface area contributed by atoms with Crippen molar-refractivity contribution >= 4 is 39.5 Å². The molecule has 0 saturated carbocycles. The number of aromatic nitrogens is 1. The number of carbonyl (C=O) groups is 2. The van der Waals surface area contributed by atoms with Crippen LogP contribution in [0.5, 0.6) is 0 Å². The van der Waals surface area contributed by atoms with E-state index in [9.17, 15) is 9.59 Å². The molecule has 32 heavy (non-hydrogen) atoms. The second kappa shape index (κ2) is 9.60. The summed E-state index contributed by atoms with van der Waals surface area (Å²) in [5, 5.41) is 7.81. The maximum atomic E-state index is 12.8. The van der Waals surface area contributed by atoms with Crippen LogP contribution in [0, 0.1) is 6.92 Å². The average Bonchev–Trinajstić information content (AvgIpc) is 3.44.